The Bertz CT molecular complexity index is 940. The molecule has 0 aliphatic heterocycles. The molecule has 0 aliphatic rings. The highest BCUT2D eigenvalue weighted by Crippen LogP contribution is 2.27. The summed E-state index contributed by atoms with van der Waals surface area (Å²) in [6.07, 6.45) is -0.785. The molecule has 1 aromatic carbocycles. The van der Waals surface area contributed by atoms with Crippen molar-refractivity contribution >= 4 is 23.9 Å². The van der Waals surface area contributed by atoms with E-state index in [1.165, 1.54) is 4.90 Å². The quantitative estimate of drug-likeness (QED) is 0.360. The van der Waals surface area contributed by atoms with E-state index in [1.807, 2.05) is 32.0 Å². The zero-order valence-corrected chi connectivity index (χ0v) is 23.3. The number of aliphatic hydroxyl groups is 1. The van der Waals surface area contributed by atoms with Gasteiger partial charge in [-0.2, -0.15) is 0 Å². The molecule has 0 radical (unpaired) electrons. The molecule has 1 aromatic rings. The van der Waals surface area contributed by atoms with Crippen LogP contribution in [0.4, 0.5) is 4.79 Å². The smallest absolute Gasteiger partial charge is 0.408 e. The number of nitrogens with zero attached hydrogens (tertiary/aromatic N) is 1. The number of rotatable bonds is 12. The highest BCUT2D eigenvalue weighted by atomic mass is 16.6. The molecule has 1 rings (SSSR count). The first-order chi connectivity index (χ1) is 17.2. The zero-order chi connectivity index (χ0) is 28.3. The van der Waals surface area contributed by atoms with Crippen LogP contribution in [0.1, 0.15) is 70.7 Å². The summed E-state index contributed by atoms with van der Waals surface area (Å²) >= 11 is 0. The average molecular weight is 522 g/mol. The van der Waals surface area contributed by atoms with Crippen molar-refractivity contribution in [1.82, 2.24) is 15.5 Å². The second-order valence-electron chi connectivity index (χ2n) is 10.2. The van der Waals surface area contributed by atoms with Gasteiger partial charge in [0, 0.05) is 13.1 Å². The lowest BCUT2D eigenvalue weighted by Gasteiger charge is -2.35. The molecule has 0 bridgehead atoms. The van der Waals surface area contributed by atoms with E-state index in [9.17, 15) is 24.3 Å². The molecule has 2 unspecified atom stereocenters. The maximum atomic E-state index is 13.8. The van der Waals surface area contributed by atoms with E-state index in [-0.39, 0.29) is 32.0 Å². The Hall–Kier alpha value is -3.14. The fraction of sp³-hybridized carbons (Fsp3) is 0.630. The summed E-state index contributed by atoms with van der Waals surface area (Å²) in [5, 5.41) is 15.2. The molecule has 0 saturated carbocycles. The Morgan fingerprint density at radius 1 is 1.11 bits per heavy atom. The van der Waals surface area contributed by atoms with Gasteiger partial charge in [-0.15, -0.1) is 0 Å². The molecular formula is C27H43N3O7. The highest BCUT2D eigenvalue weighted by molar-refractivity contribution is 5.92. The summed E-state index contributed by atoms with van der Waals surface area (Å²) in [7, 11) is 0. The highest BCUT2D eigenvalue weighted by Gasteiger charge is 2.37. The second-order valence-corrected chi connectivity index (χ2v) is 10.2. The summed E-state index contributed by atoms with van der Waals surface area (Å²) < 4.78 is 10.3. The minimum absolute atomic E-state index is 0.0178. The molecule has 0 spiro atoms. The Balaban J connectivity index is 3.40. The third-order valence-electron chi connectivity index (χ3n) is 5.45. The lowest BCUT2D eigenvalue weighted by molar-refractivity contribution is -0.145. The van der Waals surface area contributed by atoms with Crippen LogP contribution < -0.4 is 10.6 Å². The minimum atomic E-state index is -1.11. The number of aryl methyl sites for hydroxylation is 2. The van der Waals surface area contributed by atoms with E-state index in [0.717, 1.165) is 11.1 Å². The summed E-state index contributed by atoms with van der Waals surface area (Å²) in [6.45, 7) is 13.8. The number of carbonyl (C=O) groups excluding carboxylic acids is 4. The maximum absolute atomic E-state index is 13.8. The van der Waals surface area contributed by atoms with Crippen molar-refractivity contribution in [2.75, 3.05) is 26.3 Å². The van der Waals surface area contributed by atoms with Crippen molar-refractivity contribution in [3.8, 4) is 0 Å². The van der Waals surface area contributed by atoms with Gasteiger partial charge in [-0.25, -0.2) is 4.79 Å². The van der Waals surface area contributed by atoms with Gasteiger partial charge in [-0.05, 0) is 58.6 Å². The van der Waals surface area contributed by atoms with Crippen molar-refractivity contribution in [2.24, 2.45) is 5.92 Å². The third-order valence-corrected chi connectivity index (χ3v) is 5.45. The van der Waals surface area contributed by atoms with Crippen LogP contribution in [0, 0.1) is 19.8 Å². The van der Waals surface area contributed by atoms with Gasteiger partial charge in [-0.3, -0.25) is 14.4 Å². The van der Waals surface area contributed by atoms with Crippen LogP contribution in [0.15, 0.2) is 18.2 Å². The van der Waals surface area contributed by atoms with Gasteiger partial charge >= 0.3 is 12.1 Å². The molecule has 0 aliphatic carbocycles. The molecule has 0 aromatic heterocycles. The first-order valence-corrected chi connectivity index (χ1v) is 12.6. The van der Waals surface area contributed by atoms with Gasteiger partial charge in [0.15, 0.2) is 0 Å². The molecule has 37 heavy (non-hydrogen) atoms. The van der Waals surface area contributed by atoms with Gasteiger partial charge in [0.05, 0.1) is 19.6 Å². The van der Waals surface area contributed by atoms with Crippen LogP contribution >= 0.6 is 0 Å². The molecule has 10 nitrogen and oxygen atoms in total. The third kappa shape index (κ3) is 10.4. The van der Waals surface area contributed by atoms with Gasteiger partial charge in [0.25, 0.3) is 0 Å². The fourth-order valence-electron chi connectivity index (χ4n) is 3.72. The monoisotopic (exact) mass is 521 g/mol. The molecule has 3 amide bonds. The van der Waals surface area contributed by atoms with E-state index in [0.29, 0.717) is 5.56 Å². The fourth-order valence-corrected chi connectivity index (χ4v) is 3.72. The van der Waals surface area contributed by atoms with Crippen LogP contribution in [-0.4, -0.2) is 71.8 Å². The normalized spacial score (nSPS) is 12.9. The number of hydrogen-bond donors (Lipinski definition) is 3. The van der Waals surface area contributed by atoms with Crippen molar-refractivity contribution in [2.45, 2.75) is 79.5 Å². The molecular weight excluding hydrogens is 478 g/mol. The molecule has 3 N–H and O–H groups in total. The first-order valence-electron chi connectivity index (χ1n) is 12.6. The van der Waals surface area contributed by atoms with E-state index in [4.69, 9.17) is 9.47 Å². The number of esters is 1. The predicted octanol–water partition coefficient (Wildman–Crippen LogP) is 2.78. The summed E-state index contributed by atoms with van der Waals surface area (Å²) in [6, 6.07) is 3.44. The number of nitrogens with one attached hydrogen (secondary N) is 2. The lowest BCUT2D eigenvalue weighted by Crippen LogP contribution is -2.55. The topological polar surface area (TPSA) is 134 Å². The van der Waals surface area contributed by atoms with Gasteiger partial charge in [0.1, 0.15) is 17.7 Å². The molecule has 208 valence electrons. The van der Waals surface area contributed by atoms with Crippen LogP contribution in [-0.2, 0) is 23.9 Å². The van der Waals surface area contributed by atoms with Crippen molar-refractivity contribution in [3.05, 3.63) is 34.9 Å². The Morgan fingerprint density at radius 3 is 2.30 bits per heavy atom. The molecule has 0 fully saturated rings. The number of aliphatic hydroxyl groups excluding tert-OH is 1. The second kappa shape index (κ2) is 14.6. The minimum Gasteiger partial charge on any atom is -0.466 e. The Kier molecular flexibility index (Phi) is 12.6. The van der Waals surface area contributed by atoms with Gasteiger partial charge in [0.2, 0.25) is 11.8 Å². The van der Waals surface area contributed by atoms with Crippen molar-refractivity contribution in [1.29, 1.82) is 0 Å². The van der Waals surface area contributed by atoms with E-state index >= 15 is 0 Å². The lowest BCUT2D eigenvalue weighted by atomic mass is 9.95. The van der Waals surface area contributed by atoms with Crippen LogP contribution in [0.5, 0.6) is 0 Å². The molecule has 2 atom stereocenters. The van der Waals surface area contributed by atoms with Crippen LogP contribution in [0.25, 0.3) is 0 Å². The Morgan fingerprint density at radius 2 is 1.76 bits per heavy atom. The number of carbonyl (C=O) groups is 4. The van der Waals surface area contributed by atoms with E-state index < -0.39 is 48.2 Å². The number of alkyl carbamates (subject to hydrolysis) is 1. The number of amides is 3. The first kappa shape index (κ1) is 31.9. The van der Waals surface area contributed by atoms with Crippen molar-refractivity contribution in [3.63, 3.8) is 0 Å². The zero-order valence-electron chi connectivity index (χ0n) is 23.3. The molecule has 10 heteroatoms. The SMILES string of the molecule is CCOC(=O)CCNC(=O)C(c1cc(C)ccc1C)N(CCO)C(=O)C(NC(=O)OC(C)(C)C)C(C)C. The molecule has 0 heterocycles. The standard InChI is InChI=1S/C27H43N3O7/c1-9-36-21(32)12-13-28-24(33)23(20-16-18(4)10-11-19(20)5)30(14-15-31)25(34)22(17(2)3)29-26(35)37-27(6,7)8/h10-11,16-17,22-23,31H,9,12-15H2,1-8H3,(H,28,33)(H,29,35). The summed E-state index contributed by atoms with van der Waals surface area (Å²) in [5.74, 6) is -1.84. The largest absolute Gasteiger partial charge is 0.466 e. The number of ether oxygens (including phenoxy) is 2. The number of hydrogen-bond acceptors (Lipinski definition) is 7. The van der Waals surface area contributed by atoms with Crippen molar-refractivity contribution < 1.29 is 33.8 Å². The van der Waals surface area contributed by atoms with Crippen LogP contribution in [0.2, 0.25) is 0 Å². The predicted molar refractivity (Wildman–Crippen MR) is 140 cm³/mol. The summed E-state index contributed by atoms with van der Waals surface area (Å²) in [5.41, 5.74) is 1.47. The maximum Gasteiger partial charge on any atom is 0.408 e. The van der Waals surface area contributed by atoms with E-state index in [1.54, 1.807) is 41.5 Å². The average Bonchev–Trinajstić information content (AvgIpc) is 2.77. The molecule has 0 saturated heterocycles. The number of benzene rings is 1. The van der Waals surface area contributed by atoms with Gasteiger partial charge in [-0.1, -0.05) is 37.6 Å². The Labute approximate surface area is 220 Å². The van der Waals surface area contributed by atoms with Crippen LogP contribution in [0.3, 0.4) is 0 Å². The summed E-state index contributed by atoms with van der Waals surface area (Å²) in [4.78, 5) is 52.9. The van der Waals surface area contributed by atoms with Gasteiger partial charge < -0.3 is 30.1 Å². The van der Waals surface area contributed by atoms with E-state index in [2.05, 4.69) is 10.6 Å².